The van der Waals surface area contributed by atoms with Gasteiger partial charge in [0.1, 0.15) is 0 Å². The molecule has 0 N–H and O–H groups in total. The van der Waals surface area contributed by atoms with E-state index >= 15 is 0 Å². The van der Waals surface area contributed by atoms with Crippen LogP contribution in [-0.2, 0) is 0 Å². The normalized spacial score (nSPS) is 11.6. The zero-order chi connectivity index (χ0) is 19.4. The molecule has 0 aliphatic heterocycles. The van der Waals surface area contributed by atoms with Crippen LogP contribution in [0.1, 0.15) is 0 Å². The third-order valence-electron chi connectivity index (χ3n) is 5.87. The Morgan fingerprint density at radius 2 is 1.03 bits per heavy atom. The van der Waals surface area contributed by atoms with Crippen LogP contribution in [0.3, 0.4) is 0 Å². The molecule has 0 bridgehead atoms. The molecule has 0 atom stereocenters. The lowest BCUT2D eigenvalue weighted by atomic mass is 9.88. The first-order valence-electron chi connectivity index (χ1n) is 9.83. The number of fused-ring (bicyclic) bond motifs is 3. The Kier molecular flexibility index (Phi) is 3.72. The highest BCUT2D eigenvalue weighted by Gasteiger charge is 2.28. The van der Waals surface area contributed by atoms with Crippen molar-refractivity contribution >= 4 is 26.7 Å². The summed E-state index contributed by atoms with van der Waals surface area (Å²) in [7, 11) is 0. The van der Waals surface area contributed by atoms with Gasteiger partial charge in [0.05, 0.1) is 0 Å². The molecule has 0 heterocycles. The van der Waals surface area contributed by atoms with E-state index < -0.39 is 0 Å². The van der Waals surface area contributed by atoms with Gasteiger partial charge < -0.3 is 0 Å². The zero-order valence-electron chi connectivity index (χ0n) is 15.7. The van der Waals surface area contributed by atoms with Gasteiger partial charge in [-0.25, -0.2) is 0 Å². The van der Waals surface area contributed by atoms with Gasteiger partial charge >= 0.3 is 0 Å². The van der Waals surface area contributed by atoms with E-state index in [2.05, 4.69) is 119 Å². The fourth-order valence-electron chi connectivity index (χ4n) is 4.69. The standard InChI is InChI=1S/C28H17Br/c29-24-17-23(18-9-3-1-4-10-18)27-21-15-7-13-19-14-8-16-22(25(19)21)28(27)26(24)20-11-5-2-6-12-20/h1-17H. The van der Waals surface area contributed by atoms with Crippen LogP contribution in [0.4, 0.5) is 0 Å². The lowest BCUT2D eigenvalue weighted by Crippen LogP contribution is -1.91. The predicted octanol–water partition coefficient (Wildman–Crippen LogP) is 8.58. The smallest absolute Gasteiger partial charge is 0.0266 e. The summed E-state index contributed by atoms with van der Waals surface area (Å²) >= 11 is 3.93. The maximum atomic E-state index is 3.93. The summed E-state index contributed by atoms with van der Waals surface area (Å²) in [6.07, 6.45) is 0. The van der Waals surface area contributed by atoms with Gasteiger partial charge in [-0.15, -0.1) is 0 Å². The van der Waals surface area contributed by atoms with E-state index in [1.54, 1.807) is 0 Å². The number of hydrogen-bond donors (Lipinski definition) is 0. The molecule has 1 heteroatoms. The van der Waals surface area contributed by atoms with Gasteiger partial charge in [0.15, 0.2) is 0 Å². The van der Waals surface area contributed by atoms with Crippen molar-refractivity contribution in [3.63, 3.8) is 0 Å². The van der Waals surface area contributed by atoms with Crippen molar-refractivity contribution in [2.24, 2.45) is 0 Å². The molecule has 1 aliphatic rings. The van der Waals surface area contributed by atoms with Crippen molar-refractivity contribution in [1.29, 1.82) is 0 Å². The largest absolute Gasteiger partial charge is 0.0622 e. The van der Waals surface area contributed by atoms with Crippen LogP contribution >= 0.6 is 15.9 Å². The fraction of sp³-hybridized carbons (Fsp3) is 0. The molecule has 29 heavy (non-hydrogen) atoms. The topological polar surface area (TPSA) is 0 Å². The Bertz CT molecular complexity index is 1380. The summed E-state index contributed by atoms with van der Waals surface area (Å²) in [6.45, 7) is 0. The van der Waals surface area contributed by atoms with Crippen molar-refractivity contribution in [2.75, 3.05) is 0 Å². The summed E-state index contributed by atoms with van der Waals surface area (Å²) in [6, 6.07) is 37.0. The number of rotatable bonds is 2. The van der Waals surface area contributed by atoms with Gasteiger partial charge in [-0.1, -0.05) is 113 Å². The molecule has 0 fully saturated rings. The molecule has 0 saturated carbocycles. The minimum absolute atomic E-state index is 1.13. The molecule has 0 saturated heterocycles. The SMILES string of the molecule is Brc1cc(-c2ccccc2)c2c(c1-c1ccccc1)-c1cccc3cccc-2c13. The van der Waals surface area contributed by atoms with Gasteiger partial charge in [-0.05, 0) is 55.8 Å². The first-order valence-corrected chi connectivity index (χ1v) is 10.6. The van der Waals surface area contributed by atoms with Crippen LogP contribution in [0.5, 0.6) is 0 Å². The molecule has 0 nitrogen and oxygen atoms in total. The first-order chi connectivity index (χ1) is 14.3. The van der Waals surface area contributed by atoms with E-state index in [0.29, 0.717) is 0 Å². The van der Waals surface area contributed by atoms with Crippen molar-refractivity contribution in [2.45, 2.75) is 0 Å². The summed E-state index contributed by atoms with van der Waals surface area (Å²) in [4.78, 5) is 0. The minimum atomic E-state index is 1.13. The quantitative estimate of drug-likeness (QED) is 0.257. The highest BCUT2D eigenvalue weighted by Crippen LogP contribution is 2.56. The molecule has 0 spiro atoms. The second-order valence-electron chi connectivity index (χ2n) is 7.47. The Hall–Kier alpha value is -3.16. The van der Waals surface area contributed by atoms with Gasteiger partial charge in [0.25, 0.3) is 0 Å². The summed E-state index contributed by atoms with van der Waals surface area (Å²) < 4.78 is 1.13. The molecule has 0 radical (unpaired) electrons. The minimum Gasteiger partial charge on any atom is -0.0622 e. The molecule has 136 valence electrons. The molecule has 1 aliphatic carbocycles. The van der Waals surface area contributed by atoms with Crippen LogP contribution in [0.2, 0.25) is 0 Å². The summed E-state index contributed by atoms with van der Waals surface area (Å²) in [5.41, 5.74) is 10.3. The molecule has 5 aromatic rings. The number of halogens is 1. The highest BCUT2D eigenvalue weighted by molar-refractivity contribution is 9.10. The second-order valence-corrected chi connectivity index (χ2v) is 8.33. The van der Waals surface area contributed by atoms with Crippen LogP contribution in [0, 0.1) is 0 Å². The second kappa shape index (κ2) is 6.43. The van der Waals surface area contributed by atoms with E-state index in [1.165, 1.54) is 55.3 Å². The third-order valence-corrected chi connectivity index (χ3v) is 6.50. The summed E-state index contributed by atoms with van der Waals surface area (Å²) in [5.74, 6) is 0. The number of hydrogen-bond acceptors (Lipinski definition) is 0. The number of benzene rings is 5. The van der Waals surface area contributed by atoms with E-state index in [0.717, 1.165) is 4.47 Å². The van der Waals surface area contributed by atoms with E-state index in [4.69, 9.17) is 0 Å². The van der Waals surface area contributed by atoms with E-state index in [-0.39, 0.29) is 0 Å². The molecular formula is C28H17Br. The Labute approximate surface area is 178 Å². The Balaban J connectivity index is 1.81. The molecular weight excluding hydrogens is 416 g/mol. The third kappa shape index (κ3) is 2.44. The Morgan fingerprint density at radius 1 is 0.448 bits per heavy atom. The van der Waals surface area contributed by atoms with Gasteiger partial charge in [-0.3, -0.25) is 0 Å². The predicted molar refractivity (Wildman–Crippen MR) is 127 cm³/mol. The fourth-order valence-corrected chi connectivity index (χ4v) is 5.35. The van der Waals surface area contributed by atoms with Crippen LogP contribution < -0.4 is 0 Å². The van der Waals surface area contributed by atoms with E-state index in [1.807, 2.05) is 0 Å². The average Bonchev–Trinajstić information content (AvgIpc) is 3.11. The first kappa shape index (κ1) is 16.8. The molecule has 5 aromatic carbocycles. The van der Waals surface area contributed by atoms with Crippen LogP contribution in [-0.4, -0.2) is 0 Å². The van der Waals surface area contributed by atoms with Gasteiger partial charge in [0, 0.05) is 10.0 Å². The molecule has 0 amide bonds. The van der Waals surface area contributed by atoms with Gasteiger partial charge in [0.2, 0.25) is 0 Å². The van der Waals surface area contributed by atoms with Gasteiger partial charge in [-0.2, -0.15) is 0 Å². The molecule has 0 aromatic heterocycles. The monoisotopic (exact) mass is 432 g/mol. The molecule has 6 rings (SSSR count). The summed E-state index contributed by atoms with van der Waals surface area (Å²) in [5, 5.41) is 2.66. The zero-order valence-corrected chi connectivity index (χ0v) is 17.3. The van der Waals surface area contributed by atoms with E-state index in [9.17, 15) is 0 Å². The Morgan fingerprint density at radius 3 is 1.69 bits per heavy atom. The maximum Gasteiger partial charge on any atom is 0.0266 e. The van der Waals surface area contributed by atoms with Crippen LogP contribution in [0.15, 0.2) is 108 Å². The maximum absolute atomic E-state index is 3.93. The lowest BCUT2D eigenvalue weighted by molar-refractivity contribution is 1.56. The van der Waals surface area contributed by atoms with Crippen molar-refractivity contribution < 1.29 is 0 Å². The van der Waals surface area contributed by atoms with Crippen molar-refractivity contribution in [3.05, 3.63) is 108 Å². The van der Waals surface area contributed by atoms with Crippen LogP contribution in [0.25, 0.3) is 55.3 Å². The average molecular weight is 433 g/mol. The highest BCUT2D eigenvalue weighted by atomic mass is 79.9. The lowest BCUT2D eigenvalue weighted by Gasteiger charge is -2.17. The van der Waals surface area contributed by atoms with Crippen molar-refractivity contribution in [3.8, 4) is 44.5 Å². The molecule has 0 unspecified atom stereocenters. The van der Waals surface area contributed by atoms with Crippen molar-refractivity contribution in [1.82, 2.24) is 0 Å².